The molecule has 1 aromatic heterocycles. The molecule has 2 heterocycles. The number of ether oxygens (including phenoxy) is 1. The zero-order valence-corrected chi connectivity index (χ0v) is 11.2. The van der Waals surface area contributed by atoms with Gasteiger partial charge in [-0.2, -0.15) is 0 Å². The Bertz CT molecular complexity index is 402. The molecule has 0 radical (unpaired) electrons. The van der Waals surface area contributed by atoms with Gasteiger partial charge in [0.2, 0.25) is 0 Å². The monoisotopic (exact) mass is 264 g/mol. The lowest BCUT2D eigenvalue weighted by Gasteiger charge is -2.11. The average Bonchev–Trinajstić information content (AvgIpc) is 2.96. The summed E-state index contributed by atoms with van der Waals surface area (Å²) in [4.78, 5) is 19.9. The summed E-state index contributed by atoms with van der Waals surface area (Å²) < 4.78 is 5.51. The van der Waals surface area contributed by atoms with Gasteiger partial charge in [0, 0.05) is 19.7 Å². The van der Waals surface area contributed by atoms with Gasteiger partial charge in [-0.3, -0.25) is 4.79 Å². The molecule has 19 heavy (non-hydrogen) atoms. The minimum atomic E-state index is -0.181. The second kappa shape index (κ2) is 7.04. The fraction of sp³-hybridized carbons (Fsp3) is 0.615. The van der Waals surface area contributed by atoms with Crippen LogP contribution >= 0.6 is 0 Å². The van der Waals surface area contributed by atoms with Crippen molar-refractivity contribution in [2.75, 3.05) is 25.0 Å². The maximum atomic E-state index is 11.6. The summed E-state index contributed by atoms with van der Waals surface area (Å²) >= 11 is 0. The van der Waals surface area contributed by atoms with Crippen LogP contribution in [0.3, 0.4) is 0 Å². The zero-order valence-electron chi connectivity index (χ0n) is 11.2. The van der Waals surface area contributed by atoms with E-state index in [9.17, 15) is 4.79 Å². The highest BCUT2D eigenvalue weighted by Crippen LogP contribution is 2.12. The van der Waals surface area contributed by atoms with E-state index in [1.807, 2.05) is 6.92 Å². The van der Waals surface area contributed by atoms with Crippen molar-refractivity contribution in [2.45, 2.75) is 32.3 Å². The summed E-state index contributed by atoms with van der Waals surface area (Å²) in [6, 6.07) is 0. The Balaban J connectivity index is 1.81. The van der Waals surface area contributed by atoms with Crippen LogP contribution in [0.1, 0.15) is 36.7 Å². The Labute approximate surface area is 113 Å². The number of hydrogen-bond donors (Lipinski definition) is 2. The van der Waals surface area contributed by atoms with E-state index in [1.165, 1.54) is 6.20 Å². The Morgan fingerprint density at radius 2 is 2.37 bits per heavy atom. The van der Waals surface area contributed by atoms with E-state index >= 15 is 0 Å². The lowest BCUT2D eigenvalue weighted by molar-refractivity contribution is 0.0948. The van der Waals surface area contributed by atoms with Crippen LogP contribution in [-0.4, -0.2) is 41.7 Å². The van der Waals surface area contributed by atoms with Gasteiger partial charge < -0.3 is 15.4 Å². The van der Waals surface area contributed by atoms with Crippen molar-refractivity contribution >= 4 is 11.7 Å². The first-order chi connectivity index (χ1) is 9.29. The molecule has 0 saturated carbocycles. The van der Waals surface area contributed by atoms with Gasteiger partial charge in [-0.05, 0) is 19.3 Å². The number of amides is 1. The van der Waals surface area contributed by atoms with Crippen LogP contribution in [0.15, 0.2) is 12.4 Å². The normalized spacial score (nSPS) is 18.3. The molecule has 1 fully saturated rings. The van der Waals surface area contributed by atoms with Gasteiger partial charge in [0.05, 0.1) is 18.5 Å². The molecule has 104 valence electrons. The van der Waals surface area contributed by atoms with Crippen molar-refractivity contribution in [1.82, 2.24) is 15.3 Å². The van der Waals surface area contributed by atoms with Crippen LogP contribution in [0.2, 0.25) is 0 Å². The molecule has 1 amide bonds. The zero-order chi connectivity index (χ0) is 13.5. The number of hydrogen-bond acceptors (Lipinski definition) is 5. The van der Waals surface area contributed by atoms with E-state index in [-0.39, 0.29) is 12.0 Å². The SMILES string of the molecule is CCCNC(=O)c1cnc(NCC2CCCO2)cn1. The number of nitrogens with zero attached hydrogens (tertiary/aromatic N) is 2. The fourth-order valence-electron chi connectivity index (χ4n) is 1.89. The van der Waals surface area contributed by atoms with Crippen LogP contribution < -0.4 is 10.6 Å². The molecule has 1 saturated heterocycles. The maximum absolute atomic E-state index is 11.6. The van der Waals surface area contributed by atoms with Crippen LogP contribution in [0.25, 0.3) is 0 Å². The Morgan fingerprint density at radius 3 is 3.00 bits per heavy atom. The molecule has 0 bridgehead atoms. The molecule has 2 rings (SSSR count). The highest BCUT2D eigenvalue weighted by molar-refractivity contribution is 5.91. The standard InChI is InChI=1S/C13H20N4O2/c1-2-5-14-13(18)11-8-17-12(9-15-11)16-7-10-4-3-6-19-10/h8-10H,2-7H2,1H3,(H,14,18)(H,16,17). The average molecular weight is 264 g/mol. The third-order valence-electron chi connectivity index (χ3n) is 2.95. The first-order valence-corrected chi connectivity index (χ1v) is 6.75. The summed E-state index contributed by atoms with van der Waals surface area (Å²) in [7, 11) is 0. The van der Waals surface area contributed by atoms with Crippen LogP contribution in [-0.2, 0) is 4.74 Å². The Hall–Kier alpha value is -1.69. The second-order valence-electron chi connectivity index (χ2n) is 4.56. The van der Waals surface area contributed by atoms with Crippen LogP contribution in [0.5, 0.6) is 0 Å². The molecule has 1 aliphatic rings. The largest absolute Gasteiger partial charge is 0.376 e. The number of carbonyl (C=O) groups is 1. The third-order valence-corrected chi connectivity index (χ3v) is 2.95. The number of nitrogens with one attached hydrogen (secondary N) is 2. The third kappa shape index (κ3) is 4.17. The lowest BCUT2D eigenvalue weighted by atomic mass is 10.2. The summed E-state index contributed by atoms with van der Waals surface area (Å²) in [5.74, 6) is 0.488. The van der Waals surface area contributed by atoms with Gasteiger partial charge in [-0.15, -0.1) is 0 Å². The molecule has 6 heteroatoms. The summed E-state index contributed by atoms with van der Waals surface area (Å²) in [6.07, 6.45) is 6.43. The predicted molar refractivity (Wildman–Crippen MR) is 72.1 cm³/mol. The minimum Gasteiger partial charge on any atom is -0.376 e. The van der Waals surface area contributed by atoms with Crippen LogP contribution in [0.4, 0.5) is 5.82 Å². The molecule has 6 nitrogen and oxygen atoms in total. The van der Waals surface area contributed by atoms with Gasteiger partial charge in [0.25, 0.3) is 5.91 Å². The van der Waals surface area contributed by atoms with Crippen molar-refractivity contribution in [2.24, 2.45) is 0 Å². The molecule has 0 aliphatic carbocycles. The smallest absolute Gasteiger partial charge is 0.271 e. The number of aromatic nitrogens is 2. The quantitative estimate of drug-likeness (QED) is 0.807. The molecule has 1 unspecified atom stereocenters. The summed E-state index contributed by atoms with van der Waals surface area (Å²) in [5.41, 5.74) is 0.344. The van der Waals surface area contributed by atoms with E-state index in [1.54, 1.807) is 6.20 Å². The van der Waals surface area contributed by atoms with Gasteiger partial charge in [0.15, 0.2) is 0 Å². The van der Waals surface area contributed by atoms with E-state index in [2.05, 4.69) is 20.6 Å². The predicted octanol–water partition coefficient (Wildman–Crippen LogP) is 1.21. The Morgan fingerprint density at radius 1 is 1.47 bits per heavy atom. The number of anilines is 1. The van der Waals surface area contributed by atoms with Gasteiger partial charge in [-0.1, -0.05) is 6.92 Å². The van der Waals surface area contributed by atoms with Crippen molar-refractivity contribution in [3.8, 4) is 0 Å². The number of rotatable bonds is 6. The first-order valence-electron chi connectivity index (χ1n) is 6.75. The lowest BCUT2D eigenvalue weighted by Crippen LogP contribution is -2.25. The van der Waals surface area contributed by atoms with Crippen molar-refractivity contribution in [3.05, 3.63) is 18.1 Å². The topological polar surface area (TPSA) is 76.1 Å². The molecule has 2 N–H and O–H groups in total. The maximum Gasteiger partial charge on any atom is 0.271 e. The highest BCUT2D eigenvalue weighted by atomic mass is 16.5. The van der Waals surface area contributed by atoms with Gasteiger partial charge >= 0.3 is 0 Å². The van der Waals surface area contributed by atoms with Crippen LogP contribution in [0, 0.1) is 0 Å². The summed E-state index contributed by atoms with van der Waals surface area (Å²) in [5, 5.41) is 5.93. The molecule has 1 aliphatic heterocycles. The molecular weight excluding hydrogens is 244 g/mol. The highest BCUT2D eigenvalue weighted by Gasteiger charge is 2.15. The van der Waals surface area contributed by atoms with Gasteiger partial charge in [-0.25, -0.2) is 9.97 Å². The minimum absolute atomic E-state index is 0.181. The molecule has 0 aromatic carbocycles. The first kappa shape index (κ1) is 13.7. The van der Waals surface area contributed by atoms with Gasteiger partial charge in [0.1, 0.15) is 11.5 Å². The molecule has 1 atom stereocenters. The number of carbonyl (C=O) groups excluding carboxylic acids is 1. The Kier molecular flexibility index (Phi) is 5.09. The summed E-state index contributed by atoms with van der Waals surface area (Å²) in [6.45, 7) is 4.23. The fourth-order valence-corrected chi connectivity index (χ4v) is 1.89. The van der Waals surface area contributed by atoms with E-state index < -0.39 is 0 Å². The van der Waals surface area contributed by atoms with E-state index in [4.69, 9.17) is 4.74 Å². The van der Waals surface area contributed by atoms with Crippen molar-refractivity contribution in [3.63, 3.8) is 0 Å². The molecule has 0 spiro atoms. The molecular formula is C13H20N4O2. The van der Waals surface area contributed by atoms with E-state index in [0.29, 0.717) is 18.1 Å². The second-order valence-corrected chi connectivity index (χ2v) is 4.56. The molecule has 1 aromatic rings. The van der Waals surface area contributed by atoms with Crippen molar-refractivity contribution < 1.29 is 9.53 Å². The van der Waals surface area contributed by atoms with E-state index in [0.717, 1.165) is 32.4 Å². The van der Waals surface area contributed by atoms with Crippen molar-refractivity contribution in [1.29, 1.82) is 0 Å².